The molecular weight excluding hydrogens is 564 g/mol. The molecule has 0 saturated carbocycles. The van der Waals surface area contributed by atoms with E-state index >= 15 is 0 Å². The van der Waals surface area contributed by atoms with Gasteiger partial charge in [-0.05, 0) is 0 Å². The van der Waals surface area contributed by atoms with Crippen molar-refractivity contribution in [2.75, 3.05) is 78.5 Å². The Bertz CT molecular complexity index is 190. The van der Waals surface area contributed by atoms with E-state index in [4.69, 9.17) is 10.2 Å². The molecule has 0 aromatic heterocycles. The Hall–Kier alpha value is 2.43. The third-order valence-corrected chi connectivity index (χ3v) is 2.86. The SMILES string of the molecule is O[CH-]CNCCNCCNCCNCCNCCNC[CH-]O.[Ce].[Ce]. The summed E-state index contributed by atoms with van der Waals surface area (Å²) in [6.45, 7) is 12.6. The van der Waals surface area contributed by atoms with Crippen molar-refractivity contribution in [2.24, 2.45) is 0 Å². The van der Waals surface area contributed by atoms with Crippen LogP contribution in [0.1, 0.15) is 0 Å². The van der Waals surface area contributed by atoms with Crippen molar-refractivity contribution in [2.45, 2.75) is 0 Å². The molecule has 0 spiro atoms. The molecule has 0 unspecified atom stereocenters. The number of rotatable bonds is 19. The molecule has 24 heavy (non-hydrogen) atoms. The Balaban J connectivity index is -0.00000220. The topological polar surface area (TPSA) is 113 Å². The zero-order valence-corrected chi connectivity index (χ0v) is 20.8. The van der Waals surface area contributed by atoms with Crippen LogP contribution in [0.4, 0.5) is 0 Å². The fraction of sp³-hybridized carbons (Fsp3) is 0.857. The smallest absolute Gasteiger partial charge is 0.00772 e. The maximum Gasteiger partial charge on any atom is 0.00772 e. The predicted octanol–water partition coefficient (Wildman–Crippen LogP) is -2.41. The molecule has 0 atom stereocenters. The second kappa shape index (κ2) is 30.2. The first-order valence-corrected chi connectivity index (χ1v) is 8.08. The first-order valence-electron chi connectivity index (χ1n) is 8.08. The Labute approximate surface area is 214 Å². The van der Waals surface area contributed by atoms with Gasteiger partial charge in [0.2, 0.25) is 0 Å². The molecular formula is C14H34Ce2N6O2-2. The van der Waals surface area contributed by atoms with Crippen LogP contribution >= 0.6 is 0 Å². The largest absolute Gasteiger partial charge is 0.565 e. The minimum Gasteiger partial charge on any atom is -0.565 e. The van der Waals surface area contributed by atoms with Crippen molar-refractivity contribution in [3.63, 3.8) is 0 Å². The second-order valence-electron chi connectivity index (χ2n) is 4.77. The Morgan fingerprint density at radius 2 is 0.625 bits per heavy atom. The van der Waals surface area contributed by atoms with Crippen molar-refractivity contribution in [1.29, 1.82) is 0 Å². The second-order valence-corrected chi connectivity index (χ2v) is 4.77. The minimum absolute atomic E-state index is 0. The zero-order valence-electron chi connectivity index (χ0n) is 14.5. The molecule has 0 aromatic rings. The summed E-state index contributed by atoms with van der Waals surface area (Å²) in [7, 11) is 0. The fourth-order valence-electron chi connectivity index (χ4n) is 1.72. The molecule has 8 N–H and O–H groups in total. The van der Waals surface area contributed by atoms with E-state index in [2.05, 4.69) is 31.9 Å². The molecule has 0 aliphatic rings. The molecule has 0 saturated heterocycles. The van der Waals surface area contributed by atoms with Crippen LogP contribution in [-0.2, 0) is 0 Å². The van der Waals surface area contributed by atoms with Crippen molar-refractivity contribution < 1.29 is 93.7 Å². The van der Waals surface area contributed by atoms with E-state index in [-0.39, 0.29) is 83.5 Å². The molecule has 8 nitrogen and oxygen atoms in total. The van der Waals surface area contributed by atoms with Gasteiger partial charge in [0.1, 0.15) is 0 Å². The zero-order chi connectivity index (χ0) is 16.1. The summed E-state index contributed by atoms with van der Waals surface area (Å²) in [6, 6.07) is 0. The molecule has 10 heteroatoms. The maximum atomic E-state index is 8.46. The number of hydrogen-bond acceptors (Lipinski definition) is 8. The van der Waals surface area contributed by atoms with Gasteiger partial charge in [0, 0.05) is 149 Å². The standard InChI is InChI=1S/C14H34N6O2.2Ce/c21-13-11-19-9-7-17-5-3-15-1-2-16-4-6-18-8-10-20-12-14-22;;/h13-22H,1-12H2;;/q-2;;. The maximum absolute atomic E-state index is 8.46. The van der Waals surface area contributed by atoms with E-state index in [9.17, 15) is 0 Å². The van der Waals surface area contributed by atoms with Gasteiger partial charge in [-0.25, -0.2) is 13.2 Å². The Morgan fingerprint density at radius 1 is 0.417 bits per heavy atom. The van der Waals surface area contributed by atoms with Crippen LogP contribution in [-0.4, -0.2) is 88.8 Å². The number of aliphatic hydroxyl groups is 2. The quantitative estimate of drug-likeness (QED) is 0.0614. The molecule has 0 rings (SSSR count). The normalized spacial score (nSPS) is 10.2. The molecule has 0 aliphatic heterocycles. The number of hydrogen-bond donors (Lipinski definition) is 8. The molecule has 0 aliphatic carbocycles. The summed E-state index contributed by atoms with van der Waals surface area (Å²) in [5, 5.41) is 36.4. The third kappa shape index (κ3) is 29.2. The van der Waals surface area contributed by atoms with Crippen molar-refractivity contribution in [3.8, 4) is 0 Å². The summed E-state index contributed by atoms with van der Waals surface area (Å²) in [4.78, 5) is 0. The van der Waals surface area contributed by atoms with Gasteiger partial charge in [-0.15, -0.1) is 13.1 Å². The van der Waals surface area contributed by atoms with E-state index in [0.717, 1.165) is 78.7 Å². The number of nitrogens with one attached hydrogen (secondary N) is 6. The van der Waals surface area contributed by atoms with Gasteiger partial charge in [-0.1, -0.05) is 0 Å². The van der Waals surface area contributed by atoms with E-state index in [1.54, 1.807) is 0 Å². The van der Waals surface area contributed by atoms with Gasteiger partial charge in [-0.3, -0.25) is 0 Å². The van der Waals surface area contributed by atoms with E-state index < -0.39 is 0 Å². The first kappa shape index (κ1) is 31.1. The van der Waals surface area contributed by atoms with Crippen LogP contribution < -0.4 is 31.9 Å². The van der Waals surface area contributed by atoms with Gasteiger partial charge in [0.15, 0.2) is 0 Å². The van der Waals surface area contributed by atoms with Crippen LogP contribution in [0.3, 0.4) is 0 Å². The molecule has 0 aromatic carbocycles. The van der Waals surface area contributed by atoms with Crippen LogP contribution in [0.15, 0.2) is 0 Å². The van der Waals surface area contributed by atoms with E-state index in [1.165, 1.54) is 0 Å². The molecule has 0 radical (unpaired) electrons. The van der Waals surface area contributed by atoms with Gasteiger partial charge in [0.05, 0.1) is 0 Å². The van der Waals surface area contributed by atoms with Gasteiger partial charge < -0.3 is 42.1 Å². The third-order valence-electron chi connectivity index (χ3n) is 2.86. The van der Waals surface area contributed by atoms with Gasteiger partial charge in [-0.2, -0.15) is 0 Å². The summed E-state index contributed by atoms with van der Waals surface area (Å²) in [6.07, 6.45) is 0. The Kier molecular flexibility index (Phi) is 39.1. The average Bonchev–Trinajstić information content (AvgIpc) is 2.54. The number of aliphatic hydroxyl groups excluding tert-OH is 2. The monoisotopic (exact) mass is 598 g/mol. The molecule has 0 bridgehead atoms. The van der Waals surface area contributed by atoms with Crippen LogP contribution in [0.25, 0.3) is 0 Å². The summed E-state index contributed by atoms with van der Waals surface area (Å²) in [5.74, 6) is 0. The summed E-state index contributed by atoms with van der Waals surface area (Å²) < 4.78 is 0. The van der Waals surface area contributed by atoms with Gasteiger partial charge in [0.25, 0.3) is 0 Å². The average molecular weight is 599 g/mol. The summed E-state index contributed by atoms with van der Waals surface area (Å²) >= 11 is 0. The van der Waals surface area contributed by atoms with Crippen LogP contribution in [0.2, 0.25) is 0 Å². The molecule has 142 valence electrons. The van der Waals surface area contributed by atoms with Crippen molar-refractivity contribution in [3.05, 3.63) is 13.2 Å². The minimum atomic E-state index is 0. The molecule has 0 amide bonds. The molecule has 0 fully saturated rings. The van der Waals surface area contributed by atoms with Crippen LogP contribution in [0, 0.1) is 96.7 Å². The van der Waals surface area contributed by atoms with Crippen molar-refractivity contribution in [1.82, 2.24) is 31.9 Å². The fourth-order valence-corrected chi connectivity index (χ4v) is 1.72. The van der Waals surface area contributed by atoms with Gasteiger partial charge >= 0.3 is 0 Å². The van der Waals surface area contributed by atoms with E-state index in [1.807, 2.05) is 0 Å². The first-order chi connectivity index (χ1) is 10.9. The Morgan fingerprint density at radius 3 is 0.833 bits per heavy atom. The molecule has 0 heterocycles. The van der Waals surface area contributed by atoms with Crippen LogP contribution in [0.5, 0.6) is 0 Å². The van der Waals surface area contributed by atoms with Crippen molar-refractivity contribution >= 4 is 0 Å². The predicted molar refractivity (Wildman–Crippen MR) is 89.7 cm³/mol. The summed E-state index contributed by atoms with van der Waals surface area (Å²) in [5.41, 5.74) is 0. The van der Waals surface area contributed by atoms with E-state index in [0.29, 0.717) is 13.1 Å².